The molecule has 0 aliphatic rings. The predicted octanol–water partition coefficient (Wildman–Crippen LogP) is 0.518. The number of aliphatic hydroxyl groups excluding tert-OH is 1. The summed E-state index contributed by atoms with van der Waals surface area (Å²) in [5, 5.41) is 8.45. The lowest BCUT2D eigenvalue weighted by Gasteiger charge is -1.83. The first-order chi connectivity index (χ1) is 4.33. The standard InChI is InChI=1S/C6H9NO2/c1-5-7-6(2-3-8)4-9-5/h4,8H,2-3H2,1H3. The minimum Gasteiger partial charge on any atom is -0.449 e. The summed E-state index contributed by atoms with van der Waals surface area (Å²) in [7, 11) is 0. The van der Waals surface area contributed by atoms with Gasteiger partial charge in [0.1, 0.15) is 6.26 Å². The molecule has 0 fully saturated rings. The number of rotatable bonds is 2. The van der Waals surface area contributed by atoms with E-state index in [0.29, 0.717) is 12.3 Å². The van der Waals surface area contributed by atoms with Crippen LogP contribution < -0.4 is 0 Å². The average Bonchev–Trinajstić information content (AvgIpc) is 2.17. The van der Waals surface area contributed by atoms with Gasteiger partial charge in [-0.1, -0.05) is 0 Å². The Kier molecular flexibility index (Phi) is 1.85. The molecule has 0 aromatic carbocycles. The zero-order valence-electron chi connectivity index (χ0n) is 5.29. The first kappa shape index (κ1) is 6.29. The largest absolute Gasteiger partial charge is 0.449 e. The number of nitrogens with zero attached hydrogens (tertiary/aromatic N) is 1. The van der Waals surface area contributed by atoms with E-state index in [0.717, 1.165) is 5.69 Å². The first-order valence-corrected chi connectivity index (χ1v) is 2.85. The van der Waals surface area contributed by atoms with Crippen LogP contribution in [0.2, 0.25) is 0 Å². The highest BCUT2D eigenvalue weighted by atomic mass is 16.3. The minimum atomic E-state index is 0.131. The second-order valence-corrected chi connectivity index (χ2v) is 1.83. The van der Waals surface area contributed by atoms with Crippen LogP contribution in [-0.2, 0) is 6.42 Å². The van der Waals surface area contributed by atoms with Gasteiger partial charge in [-0.05, 0) is 0 Å². The second-order valence-electron chi connectivity index (χ2n) is 1.83. The summed E-state index contributed by atoms with van der Waals surface area (Å²) in [4.78, 5) is 3.97. The molecule has 1 N–H and O–H groups in total. The maximum atomic E-state index is 8.45. The molecule has 0 saturated heterocycles. The molecule has 1 aromatic rings. The van der Waals surface area contributed by atoms with E-state index in [9.17, 15) is 0 Å². The van der Waals surface area contributed by atoms with Gasteiger partial charge in [-0.2, -0.15) is 0 Å². The molecule has 9 heavy (non-hydrogen) atoms. The van der Waals surface area contributed by atoms with Crippen molar-refractivity contribution in [3.63, 3.8) is 0 Å². The van der Waals surface area contributed by atoms with Crippen LogP contribution in [-0.4, -0.2) is 16.7 Å². The second kappa shape index (κ2) is 2.64. The highest BCUT2D eigenvalue weighted by Crippen LogP contribution is 1.99. The third-order valence-corrected chi connectivity index (χ3v) is 1.03. The molecule has 3 nitrogen and oxygen atoms in total. The van der Waals surface area contributed by atoms with E-state index in [2.05, 4.69) is 4.98 Å². The molecular formula is C6H9NO2. The maximum absolute atomic E-state index is 8.45. The molecule has 1 aromatic heterocycles. The molecule has 0 aliphatic carbocycles. The molecule has 0 unspecified atom stereocenters. The molecule has 0 atom stereocenters. The third-order valence-electron chi connectivity index (χ3n) is 1.03. The number of oxazole rings is 1. The summed E-state index contributed by atoms with van der Waals surface area (Å²) in [5.41, 5.74) is 0.815. The van der Waals surface area contributed by atoms with Gasteiger partial charge in [-0.3, -0.25) is 0 Å². The van der Waals surface area contributed by atoms with Crippen LogP contribution >= 0.6 is 0 Å². The molecule has 1 rings (SSSR count). The van der Waals surface area contributed by atoms with E-state index in [1.165, 1.54) is 0 Å². The molecule has 0 aliphatic heterocycles. The molecule has 0 radical (unpaired) electrons. The topological polar surface area (TPSA) is 46.3 Å². The van der Waals surface area contributed by atoms with Gasteiger partial charge >= 0.3 is 0 Å². The monoisotopic (exact) mass is 127 g/mol. The van der Waals surface area contributed by atoms with Gasteiger partial charge in [0, 0.05) is 20.0 Å². The Morgan fingerprint density at radius 3 is 3.00 bits per heavy atom. The zero-order chi connectivity index (χ0) is 6.69. The van der Waals surface area contributed by atoms with Crippen molar-refractivity contribution in [1.82, 2.24) is 4.98 Å². The Labute approximate surface area is 53.3 Å². The summed E-state index contributed by atoms with van der Waals surface area (Å²) < 4.78 is 4.89. The number of hydrogen-bond donors (Lipinski definition) is 1. The van der Waals surface area contributed by atoms with E-state index < -0.39 is 0 Å². The first-order valence-electron chi connectivity index (χ1n) is 2.85. The lowest BCUT2D eigenvalue weighted by Crippen LogP contribution is -1.89. The van der Waals surface area contributed by atoms with Gasteiger partial charge in [0.05, 0.1) is 5.69 Å². The normalized spacial score (nSPS) is 10.0. The van der Waals surface area contributed by atoms with Crippen LogP contribution in [0.25, 0.3) is 0 Å². The summed E-state index contributed by atoms with van der Waals surface area (Å²) in [6.45, 7) is 1.91. The van der Waals surface area contributed by atoms with Gasteiger partial charge in [-0.15, -0.1) is 0 Å². The van der Waals surface area contributed by atoms with Gasteiger partial charge in [0.25, 0.3) is 0 Å². The highest BCUT2D eigenvalue weighted by molar-refractivity contribution is 4.94. The van der Waals surface area contributed by atoms with Crippen LogP contribution in [0.1, 0.15) is 11.6 Å². The maximum Gasteiger partial charge on any atom is 0.191 e. The summed E-state index contributed by atoms with van der Waals surface area (Å²) >= 11 is 0. The summed E-state index contributed by atoms with van der Waals surface area (Å²) in [6, 6.07) is 0. The highest BCUT2D eigenvalue weighted by Gasteiger charge is 1.95. The fourth-order valence-electron chi connectivity index (χ4n) is 0.638. The van der Waals surface area contributed by atoms with Gasteiger partial charge < -0.3 is 9.52 Å². The fourth-order valence-corrected chi connectivity index (χ4v) is 0.638. The quantitative estimate of drug-likeness (QED) is 0.629. The number of aryl methyl sites for hydroxylation is 1. The SMILES string of the molecule is Cc1nc(CCO)co1. The van der Waals surface area contributed by atoms with Crippen molar-refractivity contribution in [2.75, 3.05) is 6.61 Å². The van der Waals surface area contributed by atoms with E-state index in [1.807, 2.05) is 0 Å². The lowest BCUT2D eigenvalue weighted by atomic mass is 10.4. The van der Waals surface area contributed by atoms with Crippen LogP contribution in [0.3, 0.4) is 0 Å². The average molecular weight is 127 g/mol. The molecule has 0 amide bonds. The van der Waals surface area contributed by atoms with Crippen LogP contribution in [0.15, 0.2) is 10.7 Å². The summed E-state index contributed by atoms with van der Waals surface area (Å²) in [5.74, 6) is 0.651. The number of hydrogen-bond acceptors (Lipinski definition) is 3. The Hall–Kier alpha value is -0.830. The molecule has 50 valence electrons. The van der Waals surface area contributed by atoms with Gasteiger partial charge in [-0.25, -0.2) is 4.98 Å². The predicted molar refractivity (Wildman–Crippen MR) is 32.0 cm³/mol. The fraction of sp³-hybridized carbons (Fsp3) is 0.500. The van der Waals surface area contributed by atoms with E-state index >= 15 is 0 Å². The Balaban J connectivity index is 2.61. The van der Waals surface area contributed by atoms with Gasteiger partial charge in [0.15, 0.2) is 5.89 Å². The lowest BCUT2D eigenvalue weighted by molar-refractivity contribution is 0.298. The molecular weight excluding hydrogens is 118 g/mol. The molecule has 0 saturated carbocycles. The van der Waals surface area contributed by atoms with Crippen LogP contribution in [0.4, 0.5) is 0 Å². The third kappa shape index (κ3) is 1.54. The van der Waals surface area contributed by atoms with Crippen molar-refractivity contribution in [3.05, 3.63) is 17.8 Å². The molecule has 0 bridgehead atoms. The van der Waals surface area contributed by atoms with Crippen LogP contribution in [0.5, 0.6) is 0 Å². The van der Waals surface area contributed by atoms with Crippen molar-refractivity contribution in [3.8, 4) is 0 Å². The minimum absolute atomic E-state index is 0.131. The number of aliphatic hydroxyl groups is 1. The van der Waals surface area contributed by atoms with Crippen molar-refractivity contribution in [1.29, 1.82) is 0 Å². The molecule has 0 spiro atoms. The Morgan fingerprint density at radius 2 is 2.56 bits per heavy atom. The van der Waals surface area contributed by atoms with Crippen LogP contribution in [0, 0.1) is 6.92 Å². The summed E-state index contributed by atoms with van der Waals surface area (Å²) in [6.07, 6.45) is 2.14. The van der Waals surface area contributed by atoms with Crippen molar-refractivity contribution in [2.45, 2.75) is 13.3 Å². The Bertz CT molecular complexity index is 183. The van der Waals surface area contributed by atoms with Gasteiger partial charge in [0.2, 0.25) is 0 Å². The van der Waals surface area contributed by atoms with E-state index in [-0.39, 0.29) is 6.61 Å². The van der Waals surface area contributed by atoms with E-state index in [1.54, 1.807) is 13.2 Å². The van der Waals surface area contributed by atoms with Crippen molar-refractivity contribution < 1.29 is 9.52 Å². The van der Waals surface area contributed by atoms with Crippen molar-refractivity contribution in [2.24, 2.45) is 0 Å². The van der Waals surface area contributed by atoms with Crippen molar-refractivity contribution >= 4 is 0 Å². The Morgan fingerprint density at radius 1 is 1.78 bits per heavy atom. The van der Waals surface area contributed by atoms with E-state index in [4.69, 9.17) is 9.52 Å². The smallest absolute Gasteiger partial charge is 0.191 e. The zero-order valence-corrected chi connectivity index (χ0v) is 5.29. The number of aromatic nitrogens is 1. The molecule has 3 heteroatoms. The molecule has 1 heterocycles.